The molecule has 0 aliphatic carbocycles. The Morgan fingerprint density at radius 1 is 1.22 bits per heavy atom. The number of halogens is 1. The minimum absolute atomic E-state index is 0.00641. The van der Waals surface area contributed by atoms with Crippen LogP contribution in [0.15, 0.2) is 28.7 Å². The number of rotatable bonds is 2. The standard InChI is InChI=1S/C13H18BrN3O/c1-2-16-7-9-17(10-8-16)13(18)15-12-5-3-11(14)4-6-12/h3-6H,2,7-10H2,1H3,(H,15,18). The highest BCUT2D eigenvalue weighted by Gasteiger charge is 2.19. The number of likely N-dealkylation sites (N-methyl/N-ethyl adjacent to an activating group) is 1. The molecule has 0 unspecified atom stereocenters. The molecule has 98 valence electrons. The third-order valence-corrected chi connectivity index (χ3v) is 3.73. The fraction of sp³-hybridized carbons (Fsp3) is 0.462. The van der Waals surface area contributed by atoms with Crippen LogP contribution < -0.4 is 5.32 Å². The SMILES string of the molecule is CCN1CCN(C(=O)Nc2ccc(Br)cc2)CC1. The number of benzene rings is 1. The number of nitrogens with zero attached hydrogens (tertiary/aromatic N) is 2. The van der Waals surface area contributed by atoms with Gasteiger partial charge in [0.1, 0.15) is 0 Å². The largest absolute Gasteiger partial charge is 0.322 e. The molecule has 0 atom stereocenters. The normalized spacial score (nSPS) is 16.7. The van der Waals surface area contributed by atoms with Gasteiger partial charge in [-0.15, -0.1) is 0 Å². The maximum absolute atomic E-state index is 12.0. The zero-order valence-electron chi connectivity index (χ0n) is 10.5. The van der Waals surface area contributed by atoms with Crippen molar-refractivity contribution in [2.24, 2.45) is 0 Å². The summed E-state index contributed by atoms with van der Waals surface area (Å²) in [5, 5.41) is 2.92. The molecule has 4 nitrogen and oxygen atoms in total. The Balaban J connectivity index is 1.87. The van der Waals surface area contributed by atoms with Gasteiger partial charge in [-0.25, -0.2) is 4.79 Å². The van der Waals surface area contributed by atoms with Crippen molar-refractivity contribution < 1.29 is 4.79 Å². The molecule has 0 spiro atoms. The van der Waals surface area contributed by atoms with E-state index in [1.807, 2.05) is 29.2 Å². The van der Waals surface area contributed by atoms with Crippen molar-refractivity contribution in [3.8, 4) is 0 Å². The fourth-order valence-corrected chi connectivity index (χ4v) is 2.27. The lowest BCUT2D eigenvalue weighted by atomic mass is 10.3. The highest BCUT2D eigenvalue weighted by Crippen LogP contribution is 2.15. The van der Waals surface area contributed by atoms with E-state index in [9.17, 15) is 4.79 Å². The Labute approximate surface area is 116 Å². The van der Waals surface area contributed by atoms with Crippen molar-refractivity contribution in [2.45, 2.75) is 6.92 Å². The van der Waals surface area contributed by atoms with Gasteiger partial charge in [0.15, 0.2) is 0 Å². The average Bonchev–Trinajstić information content (AvgIpc) is 2.41. The molecule has 2 rings (SSSR count). The Hall–Kier alpha value is -1.07. The molecule has 1 fully saturated rings. The Morgan fingerprint density at radius 2 is 1.83 bits per heavy atom. The van der Waals surface area contributed by atoms with Gasteiger partial charge in [-0.2, -0.15) is 0 Å². The maximum Gasteiger partial charge on any atom is 0.321 e. The number of anilines is 1. The Morgan fingerprint density at radius 3 is 2.39 bits per heavy atom. The molecule has 2 amide bonds. The van der Waals surface area contributed by atoms with Gasteiger partial charge < -0.3 is 15.1 Å². The molecule has 1 heterocycles. The molecular weight excluding hydrogens is 294 g/mol. The second-order valence-corrected chi connectivity index (χ2v) is 5.27. The van der Waals surface area contributed by atoms with E-state index in [-0.39, 0.29) is 6.03 Å². The smallest absolute Gasteiger partial charge is 0.321 e. The first-order valence-corrected chi connectivity index (χ1v) is 7.02. The van der Waals surface area contributed by atoms with Crippen LogP contribution >= 0.6 is 15.9 Å². The Kier molecular flexibility index (Phi) is 4.60. The topological polar surface area (TPSA) is 35.6 Å². The van der Waals surface area contributed by atoms with Crippen molar-refractivity contribution in [1.82, 2.24) is 9.80 Å². The van der Waals surface area contributed by atoms with Crippen molar-refractivity contribution >= 4 is 27.6 Å². The molecule has 1 aliphatic heterocycles. The average molecular weight is 312 g/mol. The van der Waals surface area contributed by atoms with Gasteiger partial charge in [-0.1, -0.05) is 22.9 Å². The third-order valence-electron chi connectivity index (χ3n) is 3.20. The number of carbonyl (C=O) groups excluding carboxylic acids is 1. The number of piperazine rings is 1. The number of carbonyl (C=O) groups is 1. The molecular formula is C13H18BrN3O. The summed E-state index contributed by atoms with van der Waals surface area (Å²) in [4.78, 5) is 16.3. The molecule has 1 N–H and O–H groups in total. The van der Waals surface area contributed by atoms with Gasteiger partial charge in [0.2, 0.25) is 0 Å². The minimum atomic E-state index is -0.00641. The fourth-order valence-electron chi connectivity index (χ4n) is 2.00. The molecule has 1 saturated heterocycles. The van der Waals surface area contributed by atoms with Gasteiger partial charge in [-0.3, -0.25) is 0 Å². The summed E-state index contributed by atoms with van der Waals surface area (Å²) in [6.45, 7) is 6.74. The summed E-state index contributed by atoms with van der Waals surface area (Å²) in [7, 11) is 0. The van der Waals surface area contributed by atoms with Crippen molar-refractivity contribution in [2.75, 3.05) is 38.0 Å². The lowest BCUT2D eigenvalue weighted by Crippen LogP contribution is -2.49. The quantitative estimate of drug-likeness (QED) is 0.911. The Bertz CT molecular complexity index is 399. The molecule has 5 heteroatoms. The molecule has 1 aromatic rings. The predicted octanol–water partition coefficient (Wildman–Crippen LogP) is 2.62. The van der Waals surface area contributed by atoms with E-state index in [4.69, 9.17) is 0 Å². The van der Waals surface area contributed by atoms with Crippen LogP contribution in [-0.2, 0) is 0 Å². The number of urea groups is 1. The molecule has 0 bridgehead atoms. The molecule has 1 aliphatic rings. The van der Waals surface area contributed by atoms with E-state index < -0.39 is 0 Å². The number of amides is 2. The summed E-state index contributed by atoms with van der Waals surface area (Å²) >= 11 is 3.37. The van der Waals surface area contributed by atoms with Crippen molar-refractivity contribution in [3.63, 3.8) is 0 Å². The van der Waals surface area contributed by atoms with E-state index in [2.05, 4.69) is 33.1 Å². The first-order chi connectivity index (χ1) is 8.69. The molecule has 0 aromatic heterocycles. The third kappa shape index (κ3) is 3.46. The monoisotopic (exact) mass is 311 g/mol. The van der Waals surface area contributed by atoms with E-state index in [0.717, 1.165) is 42.9 Å². The molecule has 18 heavy (non-hydrogen) atoms. The summed E-state index contributed by atoms with van der Waals surface area (Å²) in [6, 6.07) is 7.62. The zero-order chi connectivity index (χ0) is 13.0. The van der Waals surface area contributed by atoms with E-state index >= 15 is 0 Å². The highest BCUT2D eigenvalue weighted by atomic mass is 79.9. The summed E-state index contributed by atoms with van der Waals surface area (Å²) < 4.78 is 1.01. The lowest BCUT2D eigenvalue weighted by molar-refractivity contribution is 0.151. The second kappa shape index (κ2) is 6.20. The minimum Gasteiger partial charge on any atom is -0.322 e. The van der Waals surface area contributed by atoms with E-state index in [1.165, 1.54) is 0 Å². The van der Waals surface area contributed by atoms with Crippen LogP contribution in [0.25, 0.3) is 0 Å². The molecule has 0 radical (unpaired) electrons. The molecule has 0 saturated carbocycles. The first kappa shape index (κ1) is 13.4. The van der Waals surface area contributed by atoms with E-state index in [1.54, 1.807) is 0 Å². The predicted molar refractivity (Wildman–Crippen MR) is 76.8 cm³/mol. The summed E-state index contributed by atoms with van der Waals surface area (Å²) in [5.41, 5.74) is 0.834. The second-order valence-electron chi connectivity index (χ2n) is 4.36. The highest BCUT2D eigenvalue weighted by molar-refractivity contribution is 9.10. The van der Waals surface area contributed by atoms with Gasteiger partial charge in [0.05, 0.1) is 0 Å². The van der Waals surface area contributed by atoms with Crippen LogP contribution in [0.3, 0.4) is 0 Å². The van der Waals surface area contributed by atoms with Gasteiger partial charge in [-0.05, 0) is 30.8 Å². The van der Waals surface area contributed by atoms with Crippen LogP contribution in [0.1, 0.15) is 6.92 Å². The lowest BCUT2D eigenvalue weighted by Gasteiger charge is -2.33. The van der Waals surface area contributed by atoms with Crippen molar-refractivity contribution in [3.05, 3.63) is 28.7 Å². The van der Waals surface area contributed by atoms with Crippen molar-refractivity contribution in [1.29, 1.82) is 0 Å². The van der Waals surface area contributed by atoms with Gasteiger partial charge in [0, 0.05) is 36.3 Å². The van der Waals surface area contributed by atoms with Crippen LogP contribution in [0.4, 0.5) is 10.5 Å². The summed E-state index contributed by atoms with van der Waals surface area (Å²) in [5.74, 6) is 0. The summed E-state index contributed by atoms with van der Waals surface area (Å²) in [6.07, 6.45) is 0. The van der Waals surface area contributed by atoms with Gasteiger partial charge >= 0.3 is 6.03 Å². The van der Waals surface area contributed by atoms with Gasteiger partial charge in [0.25, 0.3) is 0 Å². The van der Waals surface area contributed by atoms with E-state index in [0.29, 0.717) is 0 Å². The van der Waals surface area contributed by atoms with Crippen LogP contribution in [-0.4, -0.2) is 48.6 Å². The zero-order valence-corrected chi connectivity index (χ0v) is 12.1. The van der Waals surface area contributed by atoms with Crippen LogP contribution in [0, 0.1) is 0 Å². The molecule has 1 aromatic carbocycles. The van der Waals surface area contributed by atoms with Crippen LogP contribution in [0.5, 0.6) is 0 Å². The van der Waals surface area contributed by atoms with Crippen LogP contribution in [0.2, 0.25) is 0 Å². The first-order valence-electron chi connectivity index (χ1n) is 6.23. The number of nitrogens with one attached hydrogen (secondary N) is 1. The number of hydrogen-bond acceptors (Lipinski definition) is 2. The maximum atomic E-state index is 12.0. The number of hydrogen-bond donors (Lipinski definition) is 1.